The van der Waals surface area contributed by atoms with E-state index in [9.17, 15) is 8.42 Å². The van der Waals surface area contributed by atoms with Gasteiger partial charge in [-0.05, 0) is 56.3 Å². The van der Waals surface area contributed by atoms with Crippen LogP contribution in [0.4, 0.5) is 11.4 Å². The molecule has 0 aliphatic heterocycles. The largest absolute Gasteiger partial charge is 0.495 e. The number of benzene rings is 2. The van der Waals surface area contributed by atoms with E-state index in [2.05, 4.69) is 0 Å². The van der Waals surface area contributed by atoms with E-state index in [4.69, 9.17) is 22.1 Å². The molecular formula is C16H19ClN2O3S. The topological polar surface area (TPSA) is 72.6 Å². The summed E-state index contributed by atoms with van der Waals surface area (Å²) >= 11 is 5.89. The number of sulfonamides is 1. The Morgan fingerprint density at radius 2 is 1.74 bits per heavy atom. The SMILES string of the molecule is COc1ccc(N)cc1S(=O)(=O)N(c1ccc(Cl)cc1)C(C)C. The number of nitrogens with zero attached hydrogens (tertiary/aromatic N) is 1. The van der Waals surface area contributed by atoms with E-state index in [1.807, 2.05) is 0 Å². The van der Waals surface area contributed by atoms with Crippen molar-refractivity contribution in [1.82, 2.24) is 0 Å². The maximum absolute atomic E-state index is 13.1. The second-order valence-electron chi connectivity index (χ2n) is 5.28. The summed E-state index contributed by atoms with van der Waals surface area (Å²) in [5.74, 6) is 0.249. The zero-order chi connectivity index (χ0) is 17.2. The quantitative estimate of drug-likeness (QED) is 0.833. The molecule has 0 aliphatic carbocycles. The highest BCUT2D eigenvalue weighted by Gasteiger charge is 2.30. The fourth-order valence-electron chi connectivity index (χ4n) is 2.30. The van der Waals surface area contributed by atoms with Crippen molar-refractivity contribution in [2.45, 2.75) is 24.8 Å². The molecule has 2 N–H and O–H groups in total. The van der Waals surface area contributed by atoms with Crippen LogP contribution in [0.1, 0.15) is 13.8 Å². The van der Waals surface area contributed by atoms with Gasteiger partial charge >= 0.3 is 0 Å². The molecule has 0 aromatic heterocycles. The van der Waals surface area contributed by atoms with Crippen molar-refractivity contribution in [2.24, 2.45) is 0 Å². The third kappa shape index (κ3) is 3.54. The van der Waals surface area contributed by atoms with Crippen LogP contribution in [0.15, 0.2) is 47.4 Å². The third-order valence-electron chi connectivity index (χ3n) is 3.27. The molecule has 124 valence electrons. The van der Waals surface area contributed by atoms with Gasteiger partial charge in [-0.1, -0.05) is 11.6 Å². The predicted octanol–water partition coefficient (Wildman–Crippen LogP) is 3.53. The van der Waals surface area contributed by atoms with Crippen molar-refractivity contribution in [1.29, 1.82) is 0 Å². The Morgan fingerprint density at radius 1 is 1.13 bits per heavy atom. The maximum Gasteiger partial charge on any atom is 0.268 e. The molecule has 0 bridgehead atoms. The molecule has 5 nitrogen and oxygen atoms in total. The normalized spacial score (nSPS) is 11.5. The Balaban J connectivity index is 2.63. The number of hydrogen-bond donors (Lipinski definition) is 1. The number of anilines is 2. The zero-order valence-electron chi connectivity index (χ0n) is 13.2. The van der Waals surface area contributed by atoms with Crippen LogP contribution in [0.25, 0.3) is 0 Å². The summed E-state index contributed by atoms with van der Waals surface area (Å²) in [6, 6.07) is 10.9. The first-order valence-corrected chi connectivity index (χ1v) is 8.82. The lowest BCUT2D eigenvalue weighted by Crippen LogP contribution is -2.37. The van der Waals surface area contributed by atoms with Crippen LogP contribution in [0.3, 0.4) is 0 Å². The van der Waals surface area contributed by atoms with Gasteiger partial charge in [-0.2, -0.15) is 0 Å². The molecule has 2 rings (SSSR count). The molecule has 23 heavy (non-hydrogen) atoms. The highest BCUT2D eigenvalue weighted by atomic mass is 35.5. The standard InChI is InChI=1S/C16H19ClN2O3S/c1-11(2)19(14-7-4-12(17)5-8-14)23(20,21)16-10-13(18)6-9-15(16)22-3/h4-11H,18H2,1-3H3. The summed E-state index contributed by atoms with van der Waals surface area (Å²) in [5.41, 5.74) is 6.63. The van der Waals surface area contributed by atoms with E-state index in [0.29, 0.717) is 16.4 Å². The van der Waals surface area contributed by atoms with Crippen molar-refractivity contribution in [3.05, 3.63) is 47.5 Å². The molecule has 0 saturated heterocycles. The minimum atomic E-state index is -3.85. The third-order valence-corrected chi connectivity index (χ3v) is 5.55. The van der Waals surface area contributed by atoms with E-state index in [1.54, 1.807) is 50.2 Å². The van der Waals surface area contributed by atoms with Gasteiger partial charge in [-0.25, -0.2) is 8.42 Å². The van der Waals surface area contributed by atoms with Crippen molar-refractivity contribution in [3.63, 3.8) is 0 Å². The molecule has 0 unspecified atom stereocenters. The van der Waals surface area contributed by atoms with Crippen LogP contribution < -0.4 is 14.8 Å². The molecule has 7 heteroatoms. The van der Waals surface area contributed by atoms with Crippen LogP contribution in [-0.2, 0) is 10.0 Å². The molecule has 0 saturated carbocycles. The second-order valence-corrected chi connectivity index (χ2v) is 7.50. The van der Waals surface area contributed by atoms with E-state index in [0.717, 1.165) is 0 Å². The summed E-state index contributed by atoms with van der Waals surface area (Å²) < 4.78 is 32.8. The molecule has 0 radical (unpaired) electrons. The van der Waals surface area contributed by atoms with Crippen LogP contribution >= 0.6 is 11.6 Å². The fourth-order valence-corrected chi connectivity index (χ4v) is 4.29. The van der Waals surface area contributed by atoms with E-state index >= 15 is 0 Å². The molecule has 2 aromatic carbocycles. The number of methoxy groups -OCH3 is 1. The van der Waals surface area contributed by atoms with Gasteiger partial charge in [0.15, 0.2) is 0 Å². The number of hydrogen-bond acceptors (Lipinski definition) is 4. The number of nitrogens with two attached hydrogens (primary N) is 1. The van der Waals surface area contributed by atoms with Crippen molar-refractivity contribution in [3.8, 4) is 5.75 Å². The smallest absolute Gasteiger partial charge is 0.268 e. The molecule has 0 heterocycles. The van der Waals surface area contributed by atoms with Crippen molar-refractivity contribution >= 4 is 33.0 Å². The van der Waals surface area contributed by atoms with Gasteiger partial charge in [-0.15, -0.1) is 0 Å². The van der Waals surface area contributed by atoms with Crippen LogP contribution in [0.5, 0.6) is 5.75 Å². The second kappa shape index (κ2) is 6.68. The Morgan fingerprint density at radius 3 is 2.26 bits per heavy atom. The van der Waals surface area contributed by atoms with Gasteiger partial charge in [0.2, 0.25) is 0 Å². The fraction of sp³-hybridized carbons (Fsp3) is 0.250. The first kappa shape index (κ1) is 17.4. The van der Waals surface area contributed by atoms with Gasteiger partial charge in [0.05, 0.1) is 12.8 Å². The first-order chi connectivity index (χ1) is 10.8. The number of halogens is 1. The summed E-state index contributed by atoms with van der Waals surface area (Å²) in [7, 11) is -2.42. The lowest BCUT2D eigenvalue weighted by molar-refractivity contribution is 0.402. The molecular weight excluding hydrogens is 336 g/mol. The molecule has 0 amide bonds. The number of nitrogen functional groups attached to an aromatic ring is 1. The first-order valence-electron chi connectivity index (χ1n) is 7.01. The summed E-state index contributed by atoms with van der Waals surface area (Å²) in [4.78, 5) is 0.0312. The molecule has 0 aliphatic rings. The average molecular weight is 355 g/mol. The molecule has 0 atom stereocenters. The monoisotopic (exact) mass is 354 g/mol. The van der Waals surface area contributed by atoms with Crippen LogP contribution in [-0.4, -0.2) is 21.6 Å². The Bertz CT molecular complexity index is 789. The minimum Gasteiger partial charge on any atom is -0.495 e. The lowest BCUT2D eigenvalue weighted by atomic mass is 10.3. The number of ether oxygens (including phenoxy) is 1. The van der Waals surface area contributed by atoms with Crippen LogP contribution in [0.2, 0.25) is 5.02 Å². The Hall–Kier alpha value is -1.92. The highest BCUT2D eigenvalue weighted by molar-refractivity contribution is 7.93. The van der Waals surface area contributed by atoms with Gasteiger partial charge < -0.3 is 10.5 Å². The lowest BCUT2D eigenvalue weighted by Gasteiger charge is -2.29. The molecule has 0 spiro atoms. The van der Waals surface area contributed by atoms with Crippen molar-refractivity contribution in [2.75, 3.05) is 17.1 Å². The van der Waals surface area contributed by atoms with Crippen molar-refractivity contribution < 1.29 is 13.2 Å². The van der Waals surface area contributed by atoms with E-state index < -0.39 is 10.0 Å². The summed E-state index contributed by atoms with van der Waals surface area (Å²) in [6.45, 7) is 3.59. The molecule has 0 fully saturated rings. The van der Waals surface area contributed by atoms with Gasteiger partial charge in [0, 0.05) is 16.8 Å². The Labute approximate surface area is 141 Å². The predicted molar refractivity (Wildman–Crippen MR) is 93.7 cm³/mol. The zero-order valence-corrected chi connectivity index (χ0v) is 14.7. The maximum atomic E-state index is 13.1. The van der Waals surface area contributed by atoms with E-state index in [-0.39, 0.29) is 16.7 Å². The van der Waals surface area contributed by atoms with Gasteiger partial charge in [0.1, 0.15) is 10.6 Å². The van der Waals surface area contributed by atoms with E-state index in [1.165, 1.54) is 17.5 Å². The summed E-state index contributed by atoms with van der Waals surface area (Å²) in [6.07, 6.45) is 0. The summed E-state index contributed by atoms with van der Waals surface area (Å²) in [5, 5.41) is 0.538. The average Bonchev–Trinajstić information content (AvgIpc) is 2.49. The van der Waals surface area contributed by atoms with Crippen LogP contribution in [0, 0.1) is 0 Å². The molecule has 2 aromatic rings. The highest BCUT2D eigenvalue weighted by Crippen LogP contribution is 2.33. The Kier molecular flexibility index (Phi) is 5.06. The van der Waals surface area contributed by atoms with Gasteiger partial charge in [0.25, 0.3) is 10.0 Å². The number of rotatable bonds is 5. The van der Waals surface area contributed by atoms with Gasteiger partial charge in [-0.3, -0.25) is 4.31 Å². The minimum absolute atomic E-state index is 0.0312.